The predicted octanol–water partition coefficient (Wildman–Crippen LogP) is 4.62. The number of aromatic carboxylic acids is 1. The third kappa shape index (κ3) is 2.31. The van der Waals surface area contributed by atoms with Gasteiger partial charge in [-0.15, -0.1) is 11.3 Å². The lowest BCUT2D eigenvalue weighted by molar-refractivity contribution is 0.0691. The van der Waals surface area contributed by atoms with E-state index in [0.717, 1.165) is 22.7 Å². The molecule has 0 saturated carbocycles. The number of rotatable bonds is 3. The molecule has 1 aliphatic heterocycles. The Balaban J connectivity index is 2.01. The summed E-state index contributed by atoms with van der Waals surface area (Å²) in [6, 6.07) is 1.56. The Morgan fingerprint density at radius 2 is 2.00 bits per heavy atom. The van der Waals surface area contributed by atoms with Crippen molar-refractivity contribution >= 4 is 74.1 Å². The first kappa shape index (κ1) is 13.5. The number of thiazole rings is 1. The van der Waals surface area contributed by atoms with Crippen LogP contribution < -0.4 is 5.32 Å². The maximum absolute atomic E-state index is 10.8. The van der Waals surface area contributed by atoms with Crippen LogP contribution in [-0.4, -0.2) is 16.1 Å². The smallest absolute Gasteiger partial charge is 0.355 e. The minimum absolute atomic E-state index is 0.0322. The summed E-state index contributed by atoms with van der Waals surface area (Å²) in [6.07, 6.45) is 0. The predicted molar refractivity (Wildman–Crippen MR) is 80.4 cm³/mol. The molecule has 0 unspecified atom stereocenters. The van der Waals surface area contributed by atoms with Crippen LogP contribution in [0.3, 0.4) is 0 Å². The van der Waals surface area contributed by atoms with E-state index in [0.29, 0.717) is 32.2 Å². The second-order valence-electron chi connectivity index (χ2n) is 3.64. The van der Waals surface area contributed by atoms with Crippen molar-refractivity contribution in [3.05, 3.63) is 27.2 Å². The van der Waals surface area contributed by atoms with Crippen molar-refractivity contribution < 1.29 is 9.90 Å². The Labute approximate surface area is 130 Å². The monoisotopic (exact) mass is 346 g/mol. The van der Waals surface area contributed by atoms with Crippen molar-refractivity contribution in [2.45, 2.75) is 0 Å². The van der Waals surface area contributed by atoms with Gasteiger partial charge in [-0.3, -0.25) is 0 Å². The minimum atomic E-state index is -1.09. The standard InChI is InChI=1S/C10H4Cl2N4O2S2/c11-3-1-4(12)7-8(16-20-15-7)6(3)14-10-13-5(2-19-10)9(17)18/h1-2H,(H,13,14)(H,17,18). The lowest BCUT2D eigenvalue weighted by Crippen LogP contribution is -1.97. The molecule has 1 aromatic carbocycles. The van der Waals surface area contributed by atoms with Crippen molar-refractivity contribution in [3.63, 3.8) is 0 Å². The number of halogens is 2. The maximum atomic E-state index is 10.8. The maximum Gasteiger partial charge on any atom is 0.355 e. The van der Waals surface area contributed by atoms with E-state index in [1.165, 1.54) is 5.38 Å². The number of fused-ring (bicyclic) bond motifs is 1. The molecular weight excluding hydrogens is 343 g/mol. The van der Waals surface area contributed by atoms with Gasteiger partial charge in [0.2, 0.25) is 0 Å². The second kappa shape index (κ2) is 5.13. The number of carbonyl (C=O) groups is 1. The molecule has 0 atom stereocenters. The summed E-state index contributed by atoms with van der Waals surface area (Å²) in [5.41, 5.74) is 1.54. The molecule has 10 heteroatoms. The molecule has 0 saturated heterocycles. The van der Waals surface area contributed by atoms with E-state index in [1.807, 2.05) is 0 Å². The molecule has 1 aromatic heterocycles. The molecule has 20 heavy (non-hydrogen) atoms. The lowest BCUT2D eigenvalue weighted by atomic mass is 10.2. The first-order valence-electron chi connectivity index (χ1n) is 5.12. The number of carboxylic acid groups (broad SMARTS) is 1. The first-order chi connectivity index (χ1) is 9.56. The topological polar surface area (TPSA) is 86.9 Å². The summed E-state index contributed by atoms with van der Waals surface area (Å²) in [6.45, 7) is 0. The molecule has 0 amide bonds. The summed E-state index contributed by atoms with van der Waals surface area (Å²) < 4.78 is 8.22. The highest BCUT2D eigenvalue weighted by atomic mass is 35.5. The van der Waals surface area contributed by atoms with Crippen molar-refractivity contribution in [1.29, 1.82) is 0 Å². The molecule has 0 fully saturated rings. The van der Waals surface area contributed by atoms with Gasteiger partial charge in [0.25, 0.3) is 0 Å². The summed E-state index contributed by atoms with van der Waals surface area (Å²) in [5, 5.41) is 14.4. The molecule has 3 rings (SSSR count). The molecule has 1 aliphatic rings. The van der Waals surface area contributed by atoms with Gasteiger partial charge in [0.05, 0.1) is 27.1 Å². The normalized spacial score (nSPS) is 12.1. The molecular formula is C10H4Cl2N4O2S2. The zero-order chi connectivity index (χ0) is 14.3. The molecule has 2 aromatic rings. The Hall–Kier alpha value is -1.48. The van der Waals surface area contributed by atoms with Gasteiger partial charge >= 0.3 is 5.97 Å². The molecule has 0 spiro atoms. The number of benzene rings is 1. The third-order valence-electron chi connectivity index (χ3n) is 2.40. The fourth-order valence-corrected chi connectivity index (χ4v) is 3.38. The molecule has 0 bridgehead atoms. The van der Waals surface area contributed by atoms with Gasteiger partial charge in [-0.2, -0.15) is 8.73 Å². The van der Waals surface area contributed by atoms with Gasteiger partial charge < -0.3 is 10.4 Å². The second-order valence-corrected chi connectivity index (χ2v) is 5.85. The quantitative estimate of drug-likeness (QED) is 0.724. The van der Waals surface area contributed by atoms with E-state index < -0.39 is 5.97 Å². The van der Waals surface area contributed by atoms with E-state index >= 15 is 0 Å². The number of carboxylic acids is 1. The average molecular weight is 347 g/mol. The molecule has 0 radical (unpaired) electrons. The third-order valence-corrected chi connectivity index (χ3v) is 4.27. The van der Waals surface area contributed by atoms with Gasteiger partial charge in [0.1, 0.15) is 11.4 Å². The number of aromatic nitrogens is 1. The van der Waals surface area contributed by atoms with E-state index in [2.05, 4.69) is 19.0 Å². The molecule has 6 nitrogen and oxygen atoms in total. The fourth-order valence-electron chi connectivity index (χ4n) is 1.53. The highest BCUT2D eigenvalue weighted by Gasteiger charge is 2.20. The highest BCUT2D eigenvalue weighted by molar-refractivity contribution is 7.58. The van der Waals surface area contributed by atoms with Gasteiger partial charge in [-0.25, -0.2) is 9.78 Å². The lowest BCUT2D eigenvalue weighted by Gasteiger charge is -2.09. The Morgan fingerprint density at radius 3 is 2.70 bits per heavy atom. The number of hydrogen-bond acceptors (Lipinski definition) is 6. The fraction of sp³-hybridized carbons (Fsp3) is 0. The van der Waals surface area contributed by atoms with Crippen molar-refractivity contribution in [1.82, 2.24) is 4.98 Å². The molecule has 102 valence electrons. The van der Waals surface area contributed by atoms with Crippen molar-refractivity contribution in [2.24, 2.45) is 8.73 Å². The van der Waals surface area contributed by atoms with Crippen molar-refractivity contribution in [2.75, 3.05) is 5.32 Å². The summed E-state index contributed by atoms with van der Waals surface area (Å²) >= 11 is 14.3. The zero-order valence-electron chi connectivity index (χ0n) is 9.42. The molecule has 2 N–H and O–H groups in total. The number of nitrogens with one attached hydrogen (secondary N) is 1. The van der Waals surface area contributed by atoms with Crippen LogP contribution in [0, 0.1) is 0 Å². The van der Waals surface area contributed by atoms with Crippen LogP contribution in [0.25, 0.3) is 0 Å². The minimum Gasteiger partial charge on any atom is -0.476 e. The first-order valence-corrected chi connectivity index (χ1v) is 7.49. The van der Waals surface area contributed by atoms with Crippen LogP contribution in [0.4, 0.5) is 22.2 Å². The van der Waals surface area contributed by atoms with Crippen LogP contribution in [0.1, 0.15) is 10.5 Å². The SMILES string of the molecule is O=C(O)c1csc(Nc2c(Cl)cc(Cl)c3c2N=S=N3)n1. The number of anilines is 2. The number of nitrogens with zero attached hydrogens (tertiary/aromatic N) is 3. The summed E-state index contributed by atoms with van der Waals surface area (Å²) in [4.78, 5) is 14.7. The van der Waals surface area contributed by atoms with E-state index in [4.69, 9.17) is 28.3 Å². The van der Waals surface area contributed by atoms with Gasteiger partial charge in [0.15, 0.2) is 10.8 Å². The Morgan fingerprint density at radius 1 is 1.25 bits per heavy atom. The Bertz CT molecular complexity index is 799. The van der Waals surface area contributed by atoms with Crippen LogP contribution >= 0.6 is 34.5 Å². The van der Waals surface area contributed by atoms with Gasteiger partial charge in [-0.05, 0) is 6.07 Å². The average Bonchev–Trinajstić information content (AvgIpc) is 3.03. The van der Waals surface area contributed by atoms with Gasteiger partial charge in [-0.1, -0.05) is 23.2 Å². The Kier molecular flexibility index (Phi) is 3.47. The zero-order valence-corrected chi connectivity index (χ0v) is 12.6. The van der Waals surface area contributed by atoms with E-state index in [9.17, 15) is 4.79 Å². The largest absolute Gasteiger partial charge is 0.476 e. The summed E-state index contributed by atoms with van der Waals surface area (Å²) in [5.74, 6) is -1.09. The van der Waals surface area contributed by atoms with E-state index in [-0.39, 0.29) is 5.69 Å². The summed E-state index contributed by atoms with van der Waals surface area (Å²) in [7, 11) is 0. The van der Waals surface area contributed by atoms with Crippen LogP contribution in [0.5, 0.6) is 0 Å². The van der Waals surface area contributed by atoms with Gasteiger partial charge in [0, 0.05) is 5.38 Å². The highest BCUT2D eigenvalue weighted by Crippen LogP contribution is 2.48. The van der Waals surface area contributed by atoms with Crippen LogP contribution in [-0.2, 0) is 11.4 Å². The van der Waals surface area contributed by atoms with Crippen LogP contribution in [0.2, 0.25) is 10.0 Å². The molecule has 2 heterocycles. The number of hydrogen-bond donors (Lipinski definition) is 2. The van der Waals surface area contributed by atoms with E-state index in [1.54, 1.807) is 6.07 Å². The van der Waals surface area contributed by atoms with Crippen LogP contribution in [0.15, 0.2) is 20.2 Å². The van der Waals surface area contributed by atoms with Crippen molar-refractivity contribution in [3.8, 4) is 0 Å². The molecule has 0 aliphatic carbocycles.